The van der Waals surface area contributed by atoms with Crippen molar-refractivity contribution in [1.29, 1.82) is 0 Å². The SMILES string of the molecule is CN(C)C(=O)c1ccc(C#CCNC(=O)C2CC(=O)N(c3cccc(Br)c3)C2)cc1. The predicted molar refractivity (Wildman–Crippen MR) is 119 cm³/mol. The van der Waals surface area contributed by atoms with Crippen LogP contribution in [0.3, 0.4) is 0 Å². The van der Waals surface area contributed by atoms with E-state index >= 15 is 0 Å². The number of hydrogen-bond donors (Lipinski definition) is 1. The average molecular weight is 468 g/mol. The van der Waals surface area contributed by atoms with Crippen LogP contribution in [0.1, 0.15) is 22.3 Å². The van der Waals surface area contributed by atoms with Crippen molar-refractivity contribution in [3.8, 4) is 11.8 Å². The Balaban J connectivity index is 1.52. The quantitative estimate of drug-likeness (QED) is 0.702. The smallest absolute Gasteiger partial charge is 0.253 e. The second kappa shape index (κ2) is 9.59. The minimum atomic E-state index is -0.394. The Hall–Kier alpha value is -3.11. The van der Waals surface area contributed by atoms with Gasteiger partial charge < -0.3 is 15.1 Å². The van der Waals surface area contributed by atoms with Crippen LogP contribution in [0.2, 0.25) is 0 Å². The number of carbonyl (C=O) groups excluding carboxylic acids is 3. The van der Waals surface area contributed by atoms with Gasteiger partial charge in [0.2, 0.25) is 11.8 Å². The number of benzene rings is 2. The molecular formula is C23H22BrN3O3. The third-order valence-electron chi connectivity index (χ3n) is 4.74. The van der Waals surface area contributed by atoms with Crippen molar-refractivity contribution in [2.24, 2.45) is 5.92 Å². The van der Waals surface area contributed by atoms with Gasteiger partial charge in [0.25, 0.3) is 5.91 Å². The molecule has 0 saturated carbocycles. The Labute approximate surface area is 184 Å². The zero-order valence-corrected chi connectivity index (χ0v) is 18.4. The van der Waals surface area contributed by atoms with E-state index in [4.69, 9.17) is 0 Å². The number of rotatable bonds is 4. The van der Waals surface area contributed by atoms with E-state index in [0.29, 0.717) is 12.1 Å². The molecule has 3 amide bonds. The molecule has 1 fully saturated rings. The zero-order valence-electron chi connectivity index (χ0n) is 16.8. The van der Waals surface area contributed by atoms with E-state index < -0.39 is 5.92 Å². The third-order valence-corrected chi connectivity index (χ3v) is 5.23. The number of halogens is 1. The Morgan fingerprint density at radius 3 is 2.60 bits per heavy atom. The lowest BCUT2D eigenvalue weighted by Gasteiger charge is -2.16. The summed E-state index contributed by atoms with van der Waals surface area (Å²) in [6.45, 7) is 0.550. The maximum atomic E-state index is 12.4. The molecule has 0 radical (unpaired) electrons. The summed E-state index contributed by atoms with van der Waals surface area (Å²) in [6, 6.07) is 14.5. The largest absolute Gasteiger partial charge is 0.345 e. The summed E-state index contributed by atoms with van der Waals surface area (Å²) < 4.78 is 0.884. The maximum Gasteiger partial charge on any atom is 0.253 e. The van der Waals surface area contributed by atoms with Crippen molar-refractivity contribution in [3.05, 3.63) is 64.1 Å². The number of amides is 3. The molecule has 2 aromatic rings. The lowest BCUT2D eigenvalue weighted by Crippen LogP contribution is -2.33. The first-order valence-corrected chi connectivity index (χ1v) is 10.3. The second-order valence-corrected chi connectivity index (χ2v) is 8.10. The van der Waals surface area contributed by atoms with Gasteiger partial charge in [0.1, 0.15) is 0 Å². The van der Waals surface area contributed by atoms with Crippen LogP contribution in [-0.4, -0.2) is 49.8 Å². The average Bonchev–Trinajstić information content (AvgIpc) is 3.12. The molecule has 6 nitrogen and oxygen atoms in total. The highest BCUT2D eigenvalue weighted by Gasteiger charge is 2.34. The van der Waals surface area contributed by atoms with Gasteiger partial charge in [0, 0.05) is 48.3 Å². The molecule has 1 aliphatic heterocycles. The molecule has 1 N–H and O–H groups in total. The van der Waals surface area contributed by atoms with E-state index in [1.165, 1.54) is 4.90 Å². The van der Waals surface area contributed by atoms with Crippen molar-refractivity contribution in [2.45, 2.75) is 6.42 Å². The highest BCUT2D eigenvalue weighted by atomic mass is 79.9. The van der Waals surface area contributed by atoms with Crippen LogP contribution < -0.4 is 10.2 Å². The summed E-state index contributed by atoms with van der Waals surface area (Å²) in [6.07, 6.45) is 0.188. The highest BCUT2D eigenvalue weighted by Crippen LogP contribution is 2.27. The van der Waals surface area contributed by atoms with E-state index in [0.717, 1.165) is 15.7 Å². The molecule has 1 unspecified atom stereocenters. The topological polar surface area (TPSA) is 69.7 Å². The Kier molecular flexibility index (Phi) is 6.91. The fraction of sp³-hybridized carbons (Fsp3) is 0.261. The van der Waals surface area contributed by atoms with Crippen LogP contribution in [0.4, 0.5) is 5.69 Å². The normalized spacial score (nSPS) is 15.4. The van der Waals surface area contributed by atoms with Crippen molar-refractivity contribution in [3.63, 3.8) is 0 Å². The van der Waals surface area contributed by atoms with Crippen LogP contribution in [-0.2, 0) is 9.59 Å². The lowest BCUT2D eigenvalue weighted by atomic mass is 10.1. The number of nitrogens with zero attached hydrogens (tertiary/aromatic N) is 2. The lowest BCUT2D eigenvalue weighted by molar-refractivity contribution is -0.126. The highest BCUT2D eigenvalue weighted by molar-refractivity contribution is 9.10. The number of carbonyl (C=O) groups is 3. The molecule has 1 heterocycles. The molecule has 1 aliphatic rings. The molecule has 30 heavy (non-hydrogen) atoms. The van der Waals surface area contributed by atoms with E-state index in [2.05, 4.69) is 33.1 Å². The Bertz CT molecular complexity index is 1020. The number of nitrogens with one attached hydrogen (secondary N) is 1. The number of anilines is 1. The van der Waals surface area contributed by atoms with Gasteiger partial charge in [-0.15, -0.1) is 0 Å². The Morgan fingerprint density at radius 1 is 1.20 bits per heavy atom. The van der Waals surface area contributed by atoms with Crippen molar-refractivity contribution >= 4 is 39.3 Å². The fourth-order valence-corrected chi connectivity index (χ4v) is 3.54. The minimum Gasteiger partial charge on any atom is -0.345 e. The van der Waals surface area contributed by atoms with Gasteiger partial charge in [-0.2, -0.15) is 0 Å². The summed E-state index contributed by atoms with van der Waals surface area (Å²) in [5.74, 6) is 5.17. The molecule has 2 aromatic carbocycles. The molecule has 7 heteroatoms. The first-order chi connectivity index (χ1) is 14.3. The van der Waals surface area contributed by atoms with Crippen LogP contribution in [0.15, 0.2) is 53.0 Å². The van der Waals surface area contributed by atoms with Gasteiger partial charge in [0.05, 0.1) is 12.5 Å². The second-order valence-electron chi connectivity index (χ2n) is 7.18. The molecule has 1 saturated heterocycles. The van der Waals surface area contributed by atoms with Gasteiger partial charge in [-0.25, -0.2) is 0 Å². The predicted octanol–water partition coefficient (Wildman–Crippen LogP) is 2.67. The van der Waals surface area contributed by atoms with E-state index in [1.54, 1.807) is 43.3 Å². The molecular weight excluding hydrogens is 446 g/mol. The van der Waals surface area contributed by atoms with E-state index in [9.17, 15) is 14.4 Å². The number of hydrogen-bond acceptors (Lipinski definition) is 3. The van der Waals surface area contributed by atoms with Crippen molar-refractivity contribution in [2.75, 3.05) is 32.1 Å². The standard InChI is InChI=1S/C23H22BrN3O3/c1-26(2)23(30)17-10-8-16(9-11-17)5-4-12-25-22(29)18-13-21(28)27(15-18)20-7-3-6-19(24)14-20/h3,6-11,14,18H,12-13,15H2,1-2H3,(H,25,29). The monoisotopic (exact) mass is 467 g/mol. The summed E-state index contributed by atoms with van der Waals surface area (Å²) in [7, 11) is 3.41. The van der Waals surface area contributed by atoms with Crippen molar-refractivity contribution < 1.29 is 14.4 Å². The van der Waals surface area contributed by atoms with Crippen LogP contribution >= 0.6 is 15.9 Å². The van der Waals surface area contributed by atoms with Gasteiger partial charge in [-0.3, -0.25) is 14.4 Å². The summed E-state index contributed by atoms with van der Waals surface area (Å²) >= 11 is 3.40. The summed E-state index contributed by atoms with van der Waals surface area (Å²) in [4.78, 5) is 39.8. The fourth-order valence-electron chi connectivity index (χ4n) is 3.15. The van der Waals surface area contributed by atoms with E-state index in [1.807, 2.05) is 24.3 Å². The van der Waals surface area contributed by atoms with Crippen LogP contribution in [0, 0.1) is 17.8 Å². The van der Waals surface area contributed by atoms with Crippen LogP contribution in [0.5, 0.6) is 0 Å². The minimum absolute atomic E-state index is 0.0632. The first-order valence-electron chi connectivity index (χ1n) is 9.49. The molecule has 3 rings (SSSR count). The first kappa shape index (κ1) is 21.6. The van der Waals surface area contributed by atoms with E-state index in [-0.39, 0.29) is 30.7 Å². The molecule has 154 valence electrons. The van der Waals surface area contributed by atoms with Gasteiger partial charge in [0.15, 0.2) is 0 Å². The van der Waals surface area contributed by atoms with Gasteiger partial charge in [-0.1, -0.05) is 33.8 Å². The molecule has 0 aliphatic carbocycles. The van der Waals surface area contributed by atoms with Gasteiger partial charge >= 0.3 is 0 Å². The summed E-state index contributed by atoms with van der Waals surface area (Å²) in [5.41, 5.74) is 2.14. The molecule has 0 aromatic heterocycles. The van der Waals surface area contributed by atoms with Crippen molar-refractivity contribution in [1.82, 2.24) is 10.2 Å². The molecule has 1 atom stereocenters. The third kappa shape index (κ3) is 5.28. The zero-order chi connectivity index (χ0) is 21.7. The van der Waals surface area contributed by atoms with Crippen LogP contribution in [0.25, 0.3) is 0 Å². The Morgan fingerprint density at radius 2 is 1.93 bits per heavy atom. The molecule has 0 bridgehead atoms. The summed E-state index contributed by atoms with van der Waals surface area (Å²) in [5, 5.41) is 2.78. The van der Waals surface area contributed by atoms with Gasteiger partial charge in [-0.05, 0) is 42.5 Å². The maximum absolute atomic E-state index is 12.4. The molecule has 0 spiro atoms.